The Morgan fingerprint density at radius 2 is 1.90 bits per heavy atom. The molecule has 3 rings (SSSR count). The summed E-state index contributed by atoms with van der Waals surface area (Å²) in [5.41, 5.74) is 6.44. The van der Waals surface area contributed by atoms with Crippen molar-refractivity contribution in [3.05, 3.63) is 52.9 Å². The van der Waals surface area contributed by atoms with Gasteiger partial charge in [0.1, 0.15) is 0 Å². The fraction of sp³-hybridized carbons (Fsp3) is 0. The standard InChI is InChI=1S/C14H11ClN2O2S2/c15-12-8-11(2-3-13(12)16)21(18,19)17-10-1-4-14-9(7-10)5-6-20-14/h1-8,17H,16H2. The van der Waals surface area contributed by atoms with E-state index in [1.165, 1.54) is 18.2 Å². The molecule has 0 aliphatic carbocycles. The second-order valence-corrected chi connectivity index (χ2v) is 7.50. The largest absolute Gasteiger partial charge is 0.398 e. The van der Waals surface area contributed by atoms with E-state index in [9.17, 15) is 8.42 Å². The Bertz CT molecular complexity index is 920. The van der Waals surface area contributed by atoms with E-state index in [0.29, 0.717) is 11.4 Å². The lowest BCUT2D eigenvalue weighted by Gasteiger charge is -2.09. The van der Waals surface area contributed by atoms with Gasteiger partial charge in [-0.3, -0.25) is 4.72 Å². The predicted molar refractivity (Wildman–Crippen MR) is 88.5 cm³/mol. The van der Waals surface area contributed by atoms with Gasteiger partial charge < -0.3 is 5.73 Å². The maximum atomic E-state index is 12.3. The Morgan fingerprint density at radius 3 is 2.67 bits per heavy atom. The lowest BCUT2D eigenvalue weighted by Crippen LogP contribution is -2.13. The second-order valence-electron chi connectivity index (χ2n) is 4.46. The van der Waals surface area contributed by atoms with Crippen LogP contribution < -0.4 is 10.5 Å². The average Bonchev–Trinajstić information content (AvgIpc) is 2.88. The van der Waals surface area contributed by atoms with Crippen LogP contribution in [0.3, 0.4) is 0 Å². The normalized spacial score (nSPS) is 11.7. The highest BCUT2D eigenvalue weighted by Gasteiger charge is 2.15. The molecule has 0 spiro atoms. The predicted octanol–water partition coefficient (Wildman–Crippen LogP) is 3.94. The van der Waals surface area contributed by atoms with Crippen molar-refractivity contribution in [1.82, 2.24) is 0 Å². The first kappa shape index (κ1) is 14.2. The minimum absolute atomic E-state index is 0.0760. The van der Waals surface area contributed by atoms with Crippen LogP contribution in [0.5, 0.6) is 0 Å². The van der Waals surface area contributed by atoms with Gasteiger partial charge in [0.2, 0.25) is 0 Å². The molecule has 0 aliphatic rings. The molecule has 0 saturated carbocycles. The number of thiophene rings is 1. The molecule has 0 bridgehead atoms. The molecule has 2 aromatic carbocycles. The lowest BCUT2D eigenvalue weighted by molar-refractivity contribution is 0.601. The van der Waals surface area contributed by atoms with Gasteiger partial charge in [0.25, 0.3) is 10.0 Å². The van der Waals surface area contributed by atoms with Crippen molar-refractivity contribution >= 4 is 54.4 Å². The number of anilines is 2. The van der Waals surface area contributed by atoms with Crippen LogP contribution in [0.4, 0.5) is 11.4 Å². The fourth-order valence-corrected chi connectivity index (χ4v) is 4.01. The molecule has 3 N–H and O–H groups in total. The number of benzene rings is 2. The Labute approximate surface area is 131 Å². The highest BCUT2D eigenvalue weighted by atomic mass is 35.5. The summed E-state index contributed by atoms with van der Waals surface area (Å²) in [7, 11) is -3.69. The first-order chi connectivity index (χ1) is 9.95. The summed E-state index contributed by atoms with van der Waals surface area (Å²) in [5, 5.41) is 3.17. The molecular formula is C14H11ClN2O2S2. The third kappa shape index (κ3) is 2.83. The molecule has 21 heavy (non-hydrogen) atoms. The monoisotopic (exact) mass is 338 g/mol. The van der Waals surface area contributed by atoms with Gasteiger partial charge in [0, 0.05) is 10.4 Å². The first-order valence-electron chi connectivity index (χ1n) is 6.01. The molecular weight excluding hydrogens is 328 g/mol. The molecule has 0 fully saturated rings. The Morgan fingerprint density at radius 1 is 1.10 bits per heavy atom. The number of halogens is 1. The molecule has 0 saturated heterocycles. The van der Waals surface area contributed by atoms with Gasteiger partial charge >= 0.3 is 0 Å². The van der Waals surface area contributed by atoms with Gasteiger partial charge in [-0.1, -0.05) is 11.6 Å². The van der Waals surface area contributed by atoms with Gasteiger partial charge in [0.15, 0.2) is 0 Å². The number of rotatable bonds is 3. The molecule has 4 nitrogen and oxygen atoms in total. The van der Waals surface area contributed by atoms with Crippen molar-refractivity contribution in [1.29, 1.82) is 0 Å². The van der Waals surface area contributed by atoms with Crippen molar-refractivity contribution in [3.8, 4) is 0 Å². The number of nitrogens with one attached hydrogen (secondary N) is 1. The molecule has 0 atom stereocenters. The van der Waals surface area contributed by atoms with E-state index in [2.05, 4.69) is 4.72 Å². The van der Waals surface area contributed by atoms with Crippen LogP contribution in [-0.2, 0) is 10.0 Å². The Hall–Kier alpha value is -1.76. The Balaban J connectivity index is 1.96. The quantitative estimate of drug-likeness (QED) is 0.710. The number of nitrogens with two attached hydrogens (primary N) is 1. The third-order valence-corrected chi connectivity index (χ3v) is 5.59. The van der Waals surface area contributed by atoms with E-state index < -0.39 is 10.0 Å². The topological polar surface area (TPSA) is 72.2 Å². The molecule has 0 aliphatic heterocycles. The first-order valence-corrected chi connectivity index (χ1v) is 8.75. The highest BCUT2D eigenvalue weighted by Crippen LogP contribution is 2.27. The van der Waals surface area contributed by atoms with E-state index in [-0.39, 0.29) is 9.92 Å². The van der Waals surface area contributed by atoms with Crippen LogP contribution in [0.1, 0.15) is 0 Å². The minimum atomic E-state index is -3.69. The zero-order valence-electron chi connectivity index (χ0n) is 10.7. The Kier molecular flexibility index (Phi) is 3.52. The number of fused-ring (bicyclic) bond motifs is 1. The number of hydrogen-bond donors (Lipinski definition) is 2. The van der Waals surface area contributed by atoms with Crippen molar-refractivity contribution in [2.75, 3.05) is 10.5 Å². The van der Waals surface area contributed by atoms with Gasteiger partial charge in [-0.25, -0.2) is 8.42 Å². The van der Waals surface area contributed by atoms with Gasteiger partial charge in [0.05, 0.1) is 15.6 Å². The van der Waals surface area contributed by atoms with Gasteiger partial charge in [-0.2, -0.15) is 0 Å². The smallest absolute Gasteiger partial charge is 0.261 e. The molecule has 3 aromatic rings. The minimum Gasteiger partial charge on any atom is -0.398 e. The molecule has 7 heteroatoms. The number of hydrogen-bond acceptors (Lipinski definition) is 4. The van der Waals surface area contributed by atoms with E-state index in [1.54, 1.807) is 23.5 Å². The van der Waals surface area contributed by atoms with E-state index in [1.807, 2.05) is 17.5 Å². The summed E-state index contributed by atoms with van der Waals surface area (Å²) in [6.45, 7) is 0. The van der Waals surface area contributed by atoms with Crippen molar-refractivity contribution in [3.63, 3.8) is 0 Å². The van der Waals surface area contributed by atoms with E-state index >= 15 is 0 Å². The van der Waals surface area contributed by atoms with Crippen molar-refractivity contribution in [2.45, 2.75) is 4.90 Å². The van der Waals surface area contributed by atoms with Crippen LogP contribution in [0.2, 0.25) is 5.02 Å². The number of sulfonamides is 1. The maximum Gasteiger partial charge on any atom is 0.261 e. The molecule has 0 radical (unpaired) electrons. The van der Waals surface area contributed by atoms with Crippen molar-refractivity contribution < 1.29 is 8.42 Å². The van der Waals surface area contributed by atoms with E-state index in [0.717, 1.165) is 10.1 Å². The number of nitrogen functional groups attached to an aromatic ring is 1. The summed E-state index contributed by atoms with van der Waals surface area (Å²) in [6.07, 6.45) is 0. The zero-order valence-corrected chi connectivity index (χ0v) is 13.1. The van der Waals surface area contributed by atoms with Crippen LogP contribution in [0, 0.1) is 0 Å². The molecule has 1 heterocycles. The second kappa shape index (κ2) is 5.22. The highest BCUT2D eigenvalue weighted by molar-refractivity contribution is 7.92. The van der Waals surface area contributed by atoms with Crippen LogP contribution in [-0.4, -0.2) is 8.42 Å². The average molecular weight is 339 g/mol. The summed E-state index contributed by atoms with van der Waals surface area (Å²) < 4.78 is 28.3. The zero-order chi connectivity index (χ0) is 15.0. The van der Waals surface area contributed by atoms with E-state index in [4.69, 9.17) is 17.3 Å². The summed E-state index contributed by atoms with van der Waals surface area (Å²) in [6, 6.07) is 11.6. The SMILES string of the molecule is Nc1ccc(S(=O)(=O)Nc2ccc3sccc3c2)cc1Cl. The van der Waals surface area contributed by atoms with Crippen LogP contribution in [0.15, 0.2) is 52.7 Å². The summed E-state index contributed by atoms with van der Waals surface area (Å²) in [4.78, 5) is 0.0760. The fourth-order valence-electron chi connectivity index (χ4n) is 1.92. The maximum absolute atomic E-state index is 12.3. The lowest BCUT2D eigenvalue weighted by atomic mass is 10.2. The molecule has 0 unspecified atom stereocenters. The molecule has 0 amide bonds. The molecule has 1 aromatic heterocycles. The third-order valence-electron chi connectivity index (χ3n) is 2.99. The molecule has 108 valence electrons. The van der Waals surface area contributed by atoms with Gasteiger partial charge in [-0.15, -0.1) is 11.3 Å². The van der Waals surface area contributed by atoms with Crippen LogP contribution >= 0.6 is 22.9 Å². The van der Waals surface area contributed by atoms with Gasteiger partial charge in [-0.05, 0) is 53.2 Å². The summed E-state index contributed by atoms with van der Waals surface area (Å²) in [5.74, 6) is 0. The summed E-state index contributed by atoms with van der Waals surface area (Å²) >= 11 is 7.48. The van der Waals surface area contributed by atoms with Crippen molar-refractivity contribution in [2.24, 2.45) is 0 Å². The van der Waals surface area contributed by atoms with Crippen LogP contribution in [0.25, 0.3) is 10.1 Å².